The molecule has 0 saturated carbocycles. The molecule has 0 fully saturated rings. The number of aliphatic carboxylic acids is 1. The van der Waals surface area contributed by atoms with Gasteiger partial charge in [-0.2, -0.15) is 0 Å². The van der Waals surface area contributed by atoms with Crippen molar-refractivity contribution < 1.29 is 15.0 Å². The van der Waals surface area contributed by atoms with Gasteiger partial charge in [-0.15, -0.1) is 0 Å². The highest BCUT2D eigenvalue weighted by molar-refractivity contribution is 5.66. The third-order valence-electron chi connectivity index (χ3n) is 7.55. The van der Waals surface area contributed by atoms with Crippen LogP contribution in [-0.2, 0) is 4.79 Å². The first kappa shape index (κ1) is 37.6. The fourth-order valence-corrected chi connectivity index (χ4v) is 4.69. The number of carbonyl (C=O) groups is 1. The average molecular weight is 513 g/mol. The van der Waals surface area contributed by atoms with E-state index in [4.69, 9.17) is 10.2 Å². The highest BCUT2D eigenvalue weighted by Crippen LogP contribution is 2.16. The maximum atomic E-state index is 10.2. The molecule has 0 radical (unpaired) electrons. The van der Waals surface area contributed by atoms with Gasteiger partial charge in [0.05, 0.1) is 0 Å². The first-order chi connectivity index (χ1) is 17.6. The first-order valence-electron chi connectivity index (χ1n) is 16.4. The lowest BCUT2D eigenvalue weighted by Crippen LogP contribution is -1.93. The largest absolute Gasteiger partial charge is 0.481 e. The number of carboxylic acid groups (broad SMARTS) is 1. The molecule has 3 heteroatoms. The van der Waals surface area contributed by atoms with Crippen molar-refractivity contribution in [1.29, 1.82) is 0 Å². The molecule has 0 aliphatic rings. The number of aliphatic hydroxyl groups is 1. The van der Waals surface area contributed by atoms with E-state index in [9.17, 15) is 4.79 Å². The number of carboxylic acids is 1. The fourth-order valence-electron chi connectivity index (χ4n) is 4.69. The van der Waals surface area contributed by atoms with Crippen LogP contribution in [-0.4, -0.2) is 22.8 Å². The second-order valence-electron chi connectivity index (χ2n) is 11.3. The minimum Gasteiger partial charge on any atom is -0.481 e. The first-order valence-corrected chi connectivity index (χ1v) is 16.4. The predicted molar refractivity (Wildman–Crippen MR) is 160 cm³/mol. The molecule has 0 bridgehead atoms. The van der Waals surface area contributed by atoms with Crippen LogP contribution in [0.2, 0.25) is 0 Å². The lowest BCUT2D eigenvalue weighted by Gasteiger charge is -2.07. The van der Waals surface area contributed by atoms with Crippen LogP contribution in [0.3, 0.4) is 0 Å². The van der Waals surface area contributed by atoms with E-state index < -0.39 is 5.97 Å². The van der Waals surface area contributed by atoms with Crippen LogP contribution < -0.4 is 0 Å². The lowest BCUT2D eigenvalue weighted by molar-refractivity contribution is -0.137. The Morgan fingerprint density at radius 3 is 1.19 bits per heavy atom. The molecule has 0 amide bonds. The monoisotopic (exact) mass is 513 g/mol. The van der Waals surface area contributed by atoms with Crippen molar-refractivity contribution in [3.8, 4) is 0 Å². The van der Waals surface area contributed by atoms with Gasteiger partial charge < -0.3 is 10.2 Å². The summed E-state index contributed by atoms with van der Waals surface area (Å²) in [6, 6.07) is 0. The summed E-state index contributed by atoms with van der Waals surface area (Å²) < 4.78 is 0. The highest BCUT2D eigenvalue weighted by Gasteiger charge is 1.99. The molecule has 36 heavy (non-hydrogen) atoms. The Hall–Kier alpha value is -0.570. The molecule has 0 saturated heterocycles. The van der Waals surface area contributed by atoms with Gasteiger partial charge in [-0.1, -0.05) is 175 Å². The van der Waals surface area contributed by atoms with Crippen LogP contribution in [0, 0.1) is 5.92 Å². The van der Waals surface area contributed by atoms with Gasteiger partial charge in [-0.3, -0.25) is 4.79 Å². The lowest BCUT2D eigenvalue weighted by atomic mass is 9.99. The van der Waals surface area contributed by atoms with E-state index in [-0.39, 0.29) is 0 Å². The maximum Gasteiger partial charge on any atom is 0.303 e. The van der Waals surface area contributed by atoms with Crippen LogP contribution in [0.5, 0.6) is 0 Å². The molecular formula is C33H68O3. The number of unbranched alkanes of at least 4 members (excludes halogenated alkanes) is 22. The molecule has 0 aromatic carbocycles. The zero-order valence-corrected chi connectivity index (χ0v) is 25.2. The van der Waals surface area contributed by atoms with E-state index in [0.29, 0.717) is 13.0 Å². The molecule has 0 aliphatic carbocycles. The molecule has 218 valence electrons. The maximum absolute atomic E-state index is 10.2. The standard InChI is InChI=1S/C21H44O.C12H24O2/c1-3-21(2)19-17-15-13-11-9-7-5-4-6-8-10-12-14-16-18-20-22;1-2-3-4-5-6-7-8-9-10-11-12(13)14/h21-22H,3-20H2,1-2H3;2-11H2,1H3,(H,13,14). The SMILES string of the molecule is CCC(C)CCCCCCCCCCCCCCCCCO.CCCCCCCCCCCC(=O)O. The third-order valence-corrected chi connectivity index (χ3v) is 7.55. The van der Waals surface area contributed by atoms with Crippen LogP contribution in [0.25, 0.3) is 0 Å². The Labute approximate surface area is 227 Å². The molecule has 0 aromatic heterocycles. The zero-order chi connectivity index (χ0) is 27.0. The molecule has 3 nitrogen and oxygen atoms in total. The Morgan fingerprint density at radius 2 is 0.861 bits per heavy atom. The van der Waals surface area contributed by atoms with E-state index >= 15 is 0 Å². The quantitative estimate of drug-likeness (QED) is 0.102. The summed E-state index contributed by atoms with van der Waals surface area (Å²) in [5.74, 6) is 0.280. The van der Waals surface area contributed by atoms with Gasteiger partial charge in [0.1, 0.15) is 0 Å². The number of aliphatic hydroxyl groups excluding tert-OH is 1. The normalized spacial score (nSPS) is 11.8. The summed E-state index contributed by atoms with van der Waals surface area (Å²) in [5, 5.41) is 17.1. The Balaban J connectivity index is 0. The zero-order valence-electron chi connectivity index (χ0n) is 25.2. The summed E-state index contributed by atoms with van der Waals surface area (Å²) >= 11 is 0. The van der Waals surface area contributed by atoms with Crippen molar-refractivity contribution in [2.24, 2.45) is 5.92 Å². The molecular weight excluding hydrogens is 444 g/mol. The molecule has 2 N–H and O–H groups in total. The predicted octanol–water partition coefficient (Wildman–Crippen LogP) is 11.3. The van der Waals surface area contributed by atoms with Gasteiger partial charge in [0.15, 0.2) is 0 Å². The second-order valence-corrected chi connectivity index (χ2v) is 11.3. The Morgan fingerprint density at radius 1 is 0.528 bits per heavy atom. The summed E-state index contributed by atoms with van der Waals surface area (Å²) in [5.41, 5.74) is 0. The van der Waals surface area contributed by atoms with Crippen LogP contribution in [0.15, 0.2) is 0 Å². The van der Waals surface area contributed by atoms with E-state index in [1.54, 1.807) is 0 Å². The van der Waals surface area contributed by atoms with Gasteiger partial charge >= 0.3 is 5.97 Å². The van der Waals surface area contributed by atoms with Crippen molar-refractivity contribution in [3.63, 3.8) is 0 Å². The number of hydrogen-bond donors (Lipinski definition) is 2. The second kappa shape index (κ2) is 34.4. The van der Waals surface area contributed by atoms with Crippen molar-refractivity contribution in [3.05, 3.63) is 0 Å². The van der Waals surface area contributed by atoms with E-state index in [0.717, 1.165) is 25.2 Å². The van der Waals surface area contributed by atoms with Crippen molar-refractivity contribution in [2.75, 3.05) is 6.61 Å². The molecule has 0 rings (SSSR count). The molecule has 0 aromatic rings. The van der Waals surface area contributed by atoms with Gasteiger partial charge in [-0.25, -0.2) is 0 Å². The molecule has 0 heterocycles. The van der Waals surface area contributed by atoms with E-state index in [2.05, 4.69) is 20.8 Å². The van der Waals surface area contributed by atoms with E-state index in [1.165, 1.54) is 148 Å². The summed E-state index contributed by atoms with van der Waals surface area (Å²) in [4.78, 5) is 10.2. The summed E-state index contributed by atoms with van der Waals surface area (Å²) in [6.07, 6.45) is 35.1. The topological polar surface area (TPSA) is 57.5 Å². The highest BCUT2D eigenvalue weighted by atomic mass is 16.4. The van der Waals surface area contributed by atoms with Gasteiger partial charge in [-0.05, 0) is 18.8 Å². The van der Waals surface area contributed by atoms with Crippen LogP contribution >= 0.6 is 0 Å². The van der Waals surface area contributed by atoms with Crippen molar-refractivity contribution in [1.82, 2.24) is 0 Å². The van der Waals surface area contributed by atoms with E-state index in [1.807, 2.05) is 0 Å². The summed E-state index contributed by atoms with van der Waals surface area (Å²) in [7, 11) is 0. The van der Waals surface area contributed by atoms with Crippen LogP contribution in [0.1, 0.15) is 194 Å². The minimum atomic E-state index is -0.659. The molecule has 1 atom stereocenters. The van der Waals surface area contributed by atoms with Crippen molar-refractivity contribution >= 4 is 5.97 Å². The average Bonchev–Trinajstić information content (AvgIpc) is 2.87. The Kier molecular flexibility index (Phi) is 35.9. The van der Waals surface area contributed by atoms with Gasteiger partial charge in [0, 0.05) is 13.0 Å². The smallest absolute Gasteiger partial charge is 0.303 e. The molecule has 1 unspecified atom stereocenters. The molecule has 0 spiro atoms. The fraction of sp³-hybridized carbons (Fsp3) is 0.970. The van der Waals surface area contributed by atoms with Gasteiger partial charge in [0.25, 0.3) is 0 Å². The van der Waals surface area contributed by atoms with Crippen LogP contribution in [0.4, 0.5) is 0 Å². The van der Waals surface area contributed by atoms with Gasteiger partial charge in [0.2, 0.25) is 0 Å². The molecule has 0 aliphatic heterocycles. The Bertz CT molecular complexity index is 396. The summed E-state index contributed by atoms with van der Waals surface area (Å²) in [6.45, 7) is 7.29. The number of hydrogen-bond acceptors (Lipinski definition) is 2. The van der Waals surface area contributed by atoms with Crippen molar-refractivity contribution in [2.45, 2.75) is 194 Å². The minimum absolute atomic E-state index is 0.343. The third kappa shape index (κ3) is 38.0. The number of rotatable bonds is 28.